The van der Waals surface area contributed by atoms with Gasteiger partial charge in [0.25, 0.3) is 11.8 Å². The highest BCUT2D eigenvalue weighted by atomic mass is 79.9. The number of alkyl halides is 1. The lowest BCUT2D eigenvalue weighted by molar-refractivity contribution is -0.150. The second-order valence-electron chi connectivity index (χ2n) is 6.79. The quantitative estimate of drug-likeness (QED) is 0.0574. The van der Waals surface area contributed by atoms with Crippen LogP contribution in [0.3, 0.4) is 0 Å². The van der Waals surface area contributed by atoms with Crippen molar-refractivity contribution >= 4 is 68.7 Å². The zero-order chi connectivity index (χ0) is 25.2. The molecule has 14 nitrogen and oxygen atoms in total. The Balaban J connectivity index is 1.78. The van der Waals surface area contributed by atoms with Crippen LogP contribution in [0, 0.1) is 0 Å². The SMILES string of the molecule is CO/N=C(\C(=O)CBr)C(=O)N[C@@H]1C(=O)N2C(C(=O)O)=C(CSc3nc(=O)c(=O)[nH]n3C)CS[C@H]12. The van der Waals surface area contributed by atoms with E-state index in [9.17, 15) is 33.9 Å². The number of amides is 2. The van der Waals surface area contributed by atoms with Gasteiger partial charge in [-0.2, -0.15) is 4.98 Å². The van der Waals surface area contributed by atoms with Crippen LogP contribution < -0.4 is 16.4 Å². The van der Waals surface area contributed by atoms with Crippen molar-refractivity contribution < 1.29 is 29.1 Å². The molecule has 3 heterocycles. The number of rotatable bonds is 9. The van der Waals surface area contributed by atoms with E-state index in [0.717, 1.165) is 23.8 Å². The van der Waals surface area contributed by atoms with Gasteiger partial charge in [-0.25, -0.2) is 4.79 Å². The van der Waals surface area contributed by atoms with Gasteiger partial charge in [0.1, 0.15) is 24.2 Å². The lowest BCUT2D eigenvalue weighted by atomic mass is 10.0. The molecule has 1 aromatic heterocycles. The summed E-state index contributed by atoms with van der Waals surface area (Å²) < 4.78 is 1.24. The van der Waals surface area contributed by atoms with Gasteiger partial charge in [-0.3, -0.25) is 38.7 Å². The molecule has 2 aliphatic rings. The number of carbonyl (C=O) groups is 4. The Hall–Kier alpha value is -2.92. The molecular formula is C17H17BrN6O8S2. The highest BCUT2D eigenvalue weighted by Gasteiger charge is 2.54. The Kier molecular flexibility index (Phi) is 7.98. The lowest BCUT2D eigenvalue weighted by Crippen LogP contribution is -2.71. The summed E-state index contributed by atoms with van der Waals surface area (Å²) in [6.45, 7) is 0. The third kappa shape index (κ3) is 4.95. The van der Waals surface area contributed by atoms with Crippen LogP contribution in [0.5, 0.6) is 0 Å². The van der Waals surface area contributed by atoms with Crippen LogP contribution in [0.25, 0.3) is 0 Å². The Labute approximate surface area is 207 Å². The van der Waals surface area contributed by atoms with E-state index < -0.39 is 51.8 Å². The third-order valence-corrected chi connectivity index (χ3v) is 7.61. The number of carboxylic acid groups (broad SMARTS) is 1. The molecule has 2 amide bonds. The number of halogens is 1. The number of nitrogens with zero attached hydrogens (tertiary/aromatic N) is 4. The van der Waals surface area contributed by atoms with E-state index in [1.54, 1.807) is 0 Å². The number of hydrogen-bond acceptors (Lipinski definition) is 11. The average Bonchev–Trinajstić information content (AvgIpc) is 2.80. The molecule has 3 rings (SSSR count). The molecule has 0 radical (unpaired) electrons. The van der Waals surface area contributed by atoms with Crippen molar-refractivity contribution in [2.45, 2.75) is 16.6 Å². The first kappa shape index (κ1) is 25.7. The van der Waals surface area contributed by atoms with Crippen LogP contribution in [0.15, 0.2) is 31.2 Å². The summed E-state index contributed by atoms with van der Waals surface area (Å²) in [6, 6.07) is -1.06. The largest absolute Gasteiger partial charge is 0.477 e. The fraction of sp³-hybridized carbons (Fsp3) is 0.412. The van der Waals surface area contributed by atoms with Gasteiger partial charge in [0.15, 0.2) is 5.16 Å². The van der Waals surface area contributed by atoms with Gasteiger partial charge in [0.05, 0.1) is 5.33 Å². The van der Waals surface area contributed by atoms with E-state index in [2.05, 4.69) is 41.3 Å². The fourth-order valence-corrected chi connectivity index (χ4v) is 5.79. The number of ketones is 1. The molecule has 3 N–H and O–H groups in total. The summed E-state index contributed by atoms with van der Waals surface area (Å²) in [6.07, 6.45) is 0. The molecule has 1 fully saturated rings. The van der Waals surface area contributed by atoms with Gasteiger partial charge >= 0.3 is 17.1 Å². The number of fused-ring (bicyclic) bond motifs is 1. The van der Waals surface area contributed by atoms with Crippen molar-refractivity contribution in [2.24, 2.45) is 12.2 Å². The number of H-pyrrole nitrogens is 1. The lowest BCUT2D eigenvalue weighted by Gasteiger charge is -2.49. The minimum atomic E-state index is -1.33. The van der Waals surface area contributed by atoms with E-state index in [4.69, 9.17) is 0 Å². The smallest absolute Gasteiger partial charge is 0.352 e. The number of Topliss-reactive ketones (excluding diaryl/α,β-unsaturated/α-hetero) is 1. The van der Waals surface area contributed by atoms with E-state index >= 15 is 0 Å². The first-order valence-electron chi connectivity index (χ1n) is 9.32. The maximum Gasteiger partial charge on any atom is 0.352 e. The summed E-state index contributed by atoms with van der Waals surface area (Å²) in [5, 5.41) is 17.1. The summed E-state index contributed by atoms with van der Waals surface area (Å²) in [7, 11) is 2.63. The highest BCUT2D eigenvalue weighted by Crippen LogP contribution is 2.41. The maximum atomic E-state index is 12.8. The fourth-order valence-electron chi connectivity index (χ4n) is 3.12. The molecule has 1 saturated heterocycles. The van der Waals surface area contributed by atoms with Gasteiger partial charge in [-0.1, -0.05) is 32.8 Å². The molecule has 34 heavy (non-hydrogen) atoms. The molecule has 0 aromatic carbocycles. The van der Waals surface area contributed by atoms with Gasteiger partial charge in [-0.15, -0.1) is 11.8 Å². The number of nitrogens with one attached hydrogen (secondary N) is 2. The first-order chi connectivity index (χ1) is 16.1. The van der Waals surface area contributed by atoms with E-state index in [-0.39, 0.29) is 27.7 Å². The first-order valence-corrected chi connectivity index (χ1v) is 12.5. The summed E-state index contributed by atoms with van der Waals surface area (Å²) in [5.74, 6) is -3.28. The summed E-state index contributed by atoms with van der Waals surface area (Å²) in [4.78, 5) is 81.1. The Morgan fingerprint density at radius 1 is 1.38 bits per heavy atom. The molecule has 17 heteroatoms. The van der Waals surface area contributed by atoms with Crippen molar-refractivity contribution in [3.8, 4) is 0 Å². The monoisotopic (exact) mass is 576 g/mol. The Morgan fingerprint density at radius 3 is 2.71 bits per heavy atom. The van der Waals surface area contributed by atoms with E-state index in [1.165, 1.54) is 23.5 Å². The van der Waals surface area contributed by atoms with Crippen LogP contribution in [-0.4, -0.2) is 89.4 Å². The number of aliphatic carboxylic acids is 1. The van der Waals surface area contributed by atoms with Crippen molar-refractivity contribution in [2.75, 3.05) is 23.9 Å². The Morgan fingerprint density at radius 2 is 2.09 bits per heavy atom. The van der Waals surface area contributed by atoms with Gasteiger partial charge in [0.2, 0.25) is 11.5 Å². The molecule has 0 spiro atoms. The van der Waals surface area contributed by atoms with Gasteiger partial charge < -0.3 is 15.3 Å². The standard InChI is InChI=1S/C17H17BrN6O8S2/c1-23-17(20-12(27)13(28)21-23)34-5-6-4-33-15-9(14(29)24(15)10(6)16(30)31)19-11(26)8(22-32-2)7(25)3-18/h9,15H,3-5H2,1-2H3,(H,19,26)(H,21,28)(H,30,31)/b22-8+/t9-,15-/m1/s1. The minimum Gasteiger partial charge on any atom is -0.477 e. The average molecular weight is 577 g/mol. The molecule has 0 aliphatic carbocycles. The van der Waals surface area contributed by atoms with Crippen LogP contribution in [0.4, 0.5) is 0 Å². The molecule has 1 aromatic rings. The summed E-state index contributed by atoms with van der Waals surface area (Å²) >= 11 is 5.18. The number of aryl methyl sites for hydroxylation is 1. The minimum absolute atomic E-state index is 0.0822. The normalized spacial score (nSPS) is 19.9. The molecule has 0 saturated carbocycles. The second-order valence-corrected chi connectivity index (χ2v) is 9.39. The topological polar surface area (TPSA) is 193 Å². The second kappa shape index (κ2) is 10.6. The predicted molar refractivity (Wildman–Crippen MR) is 124 cm³/mol. The van der Waals surface area contributed by atoms with Crippen LogP contribution in [0.1, 0.15) is 0 Å². The number of carboxylic acids is 1. The molecule has 2 aliphatic heterocycles. The number of hydrogen-bond donors (Lipinski definition) is 3. The molecular weight excluding hydrogens is 560 g/mol. The zero-order valence-electron chi connectivity index (χ0n) is 17.6. The number of carbonyl (C=O) groups excluding carboxylic acids is 3. The van der Waals surface area contributed by atoms with Crippen molar-refractivity contribution in [1.82, 2.24) is 25.0 Å². The number of oxime groups is 1. The van der Waals surface area contributed by atoms with Crippen molar-refractivity contribution in [3.63, 3.8) is 0 Å². The van der Waals surface area contributed by atoms with Gasteiger partial charge in [-0.05, 0) is 5.57 Å². The summed E-state index contributed by atoms with van der Waals surface area (Å²) in [5.41, 5.74) is -2.23. The molecule has 2 atom stereocenters. The molecule has 0 unspecified atom stereocenters. The van der Waals surface area contributed by atoms with Gasteiger partial charge in [0, 0.05) is 18.6 Å². The van der Waals surface area contributed by atoms with Crippen LogP contribution >= 0.6 is 39.5 Å². The number of β-lactam (4-membered cyclic amide) rings is 1. The maximum absolute atomic E-state index is 12.8. The third-order valence-electron chi connectivity index (χ3n) is 4.64. The van der Waals surface area contributed by atoms with Crippen LogP contribution in [-0.2, 0) is 31.1 Å². The van der Waals surface area contributed by atoms with E-state index in [1.807, 2.05) is 0 Å². The van der Waals surface area contributed by atoms with Crippen molar-refractivity contribution in [1.29, 1.82) is 0 Å². The zero-order valence-corrected chi connectivity index (χ0v) is 20.8. The molecule has 0 bridgehead atoms. The predicted octanol–water partition coefficient (Wildman–Crippen LogP) is -1.73. The highest BCUT2D eigenvalue weighted by molar-refractivity contribution is 9.09. The number of aromatic nitrogens is 3. The number of thioether (sulfide) groups is 2. The Bertz CT molecular complexity index is 1240. The van der Waals surface area contributed by atoms with Crippen LogP contribution in [0.2, 0.25) is 0 Å². The number of aromatic amines is 1. The van der Waals surface area contributed by atoms with E-state index in [0.29, 0.717) is 5.57 Å². The van der Waals surface area contributed by atoms with Crippen molar-refractivity contribution in [3.05, 3.63) is 32.0 Å². The molecule has 182 valence electrons.